The minimum absolute atomic E-state index is 0.0473. The Labute approximate surface area is 130 Å². The van der Waals surface area contributed by atoms with Crippen LogP contribution in [-0.2, 0) is 21.5 Å². The minimum atomic E-state index is -4.70. The molecule has 0 saturated heterocycles. The molecule has 1 aliphatic heterocycles. The molecule has 1 aromatic carbocycles. The van der Waals surface area contributed by atoms with E-state index in [1.807, 2.05) is 0 Å². The number of carbonyl (C=O) groups is 2. The van der Waals surface area contributed by atoms with Crippen LogP contribution in [0, 0.1) is 6.92 Å². The van der Waals surface area contributed by atoms with Crippen LogP contribution in [-0.4, -0.2) is 24.7 Å². The third-order valence-electron chi connectivity index (χ3n) is 3.50. The molecule has 6 nitrogen and oxygen atoms in total. The summed E-state index contributed by atoms with van der Waals surface area (Å²) in [5, 5.41) is 3.46. The van der Waals surface area contributed by atoms with Crippen molar-refractivity contribution in [2.24, 2.45) is 0 Å². The molecule has 0 unspecified atom stereocenters. The number of aryl methyl sites for hydroxylation is 1. The predicted octanol–water partition coefficient (Wildman–Crippen LogP) is 1.98. The number of carbonyl (C=O) groups excluding carboxylic acids is 2. The van der Waals surface area contributed by atoms with Gasteiger partial charge in [0, 0.05) is 16.5 Å². The third-order valence-corrected chi connectivity index (χ3v) is 5.04. The molecule has 2 heterocycles. The van der Waals surface area contributed by atoms with Gasteiger partial charge in [-0.05, 0) is 41.6 Å². The van der Waals surface area contributed by atoms with Gasteiger partial charge in [-0.25, -0.2) is 0 Å². The molecule has 0 aliphatic carbocycles. The lowest BCUT2D eigenvalue weighted by molar-refractivity contribution is -0.116. The lowest BCUT2D eigenvalue weighted by atomic mass is 9.98. The molecule has 0 fully saturated rings. The monoisotopic (exact) mass is 337 g/mol. The van der Waals surface area contributed by atoms with Gasteiger partial charge in [-0.2, -0.15) is 24.1 Å². The van der Waals surface area contributed by atoms with Crippen LogP contribution in [0.4, 0.5) is 5.69 Å². The van der Waals surface area contributed by atoms with Crippen LogP contribution in [0.5, 0.6) is 0 Å². The van der Waals surface area contributed by atoms with Crippen LogP contribution in [0.1, 0.15) is 27.0 Å². The summed E-state index contributed by atoms with van der Waals surface area (Å²) < 4.78 is 32.4. The molecule has 114 valence electrons. The van der Waals surface area contributed by atoms with E-state index in [-0.39, 0.29) is 23.5 Å². The molecule has 0 spiro atoms. The SMILES string of the molecule is Cc1cc(C(=O)c2ccsc2)cc2c1CC(=O)N2S(=O)(=O)O. The van der Waals surface area contributed by atoms with Crippen molar-refractivity contribution in [2.75, 3.05) is 4.31 Å². The Morgan fingerprint density at radius 2 is 2.05 bits per heavy atom. The fourth-order valence-corrected chi connectivity index (χ4v) is 3.88. The van der Waals surface area contributed by atoms with E-state index in [2.05, 4.69) is 0 Å². The Morgan fingerprint density at radius 3 is 2.64 bits per heavy atom. The standard InChI is InChI=1S/C14H11NO5S2/c1-8-4-10(14(17)9-2-3-21-7-9)5-12-11(8)6-13(16)15(12)22(18,19)20/h2-5,7H,6H2,1H3,(H,18,19,20). The summed E-state index contributed by atoms with van der Waals surface area (Å²) in [6.45, 7) is 1.70. The lowest BCUT2D eigenvalue weighted by Crippen LogP contribution is -2.33. The third kappa shape index (κ3) is 2.35. The molecule has 0 radical (unpaired) electrons. The zero-order chi connectivity index (χ0) is 16.1. The molecule has 3 rings (SSSR count). The van der Waals surface area contributed by atoms with Crippen LogP contribution in [0.3, 0.4) is 0 Å². The number of thiophene rings is 1. The Balaban J connectivity index is 2.16. The van der Waals surface area contributed by atoms with Crippen molar-refractivity contribution in [2.45, 2.75) is 13.3 Å². The summed E-state index contributed by atoms with van der Waals surface area (Å²) in [7, 11) is -4.70. The molecular formula is C14H11NO5S2. The van der Waals surface area contributed by atoms with Gasteiger partial charge in [0.25, 0.3) is 0 Å². The number of ketones is 1. The van der Waals surface area contributed by atoms with E-state index in [1.54, 1.807) is 29.8 Å². The van der Waals surface area contributed by atoms with Crippen molar-refractivity contribution in [3.63, 3.8) is 0 Å². The van der Waals surface area contributed by atoms with Gasteiger partial charge in [0.2, 0.25) is 5.91 Å². The molecular weight excluding hydrogens is 326 g/mol. The number of anilines is 1. The maximum absolute atomic E-state index is 12.4. The summed E-state index contributed by atoms with van der Waals surface area (Å²) in [4.78, 5) is 24.2. The molecule has 1 aliphatic rings. The van der Waals surface area contributed by atoms with E-state index < -0.39 is 16.2 Å². The van der Waals surface area contributed by atoms with E-state index in [4.69, 9.17) is 0 Å². The second-order valence-corrected chi connectivity index (χ2v) is 6.99. The van der Waals surface area contributed by atoms with E-state index in [0.29, 0.717) is 21.0 Å². The lowest BCUT2D eigenvalue weighted by Gasteiger charge is -2.14. The largest absolute Gasteiger partial charge is 0.366 e. The second kappa shape index (κ2) is 5.01. The van der Waals surface area contributed by atoms with Crippen LogP contribution in [0.15, 0.2) is 29.0 Å². The highest BCUT2D eigenvalue weighted by Gasteiger charge is 2.37. The number of fused-ring (bicyclic) bond motifs is 1. The van der Waals surface area contributed by atoms with Crippen molar-refractivity contribution in [1.82, 2.24) is 0 Å². The van der Waals surface area contributed by atoms with Crippen molar-refractivity contribution < 1.29 is 22.6 Å². The number of hydrogen-bond acceptors (Lipinski definition) is 5. The summed E-state index contributed by atoms with van der Waals surface area (Å²) in [6, 6.07) is 4.63. The zero-order valence-electron chi connectivity index (χ0n) is 11.4. The maximum atomic E-state index is 12.4. The Bertz CT molecular complexity index is 884. The first-order chi connectivity index (χ1) is 10.3. The highest BCUT2D eigenvalue weighted by molar-refractivity contribution is 7.88. The summed E-state index contributed by atoms with van der Waals surface area (Å²) in [5.74, 6) is -0.998. The van der Waals surface area contributed by atoms with E-state index in [0.717, 1.165) is 0 Å². The first-order valence-electron chi connectivity index (χ1n) is 6.30. The van der Waals surface area contributed by atoms with Gasteiger partial charge >= 0.3 is 10.3 Å². The first kappa shape index (κ1) is 14.9. The molecule has 1 aromatic heterocycles. The van der Waals surface area contributed by atoms with Crippen molar-refractivity contribution >= 4 is 39.0 Å². The maximum Gasteiger partial charge on any atom is 0.366 e. The average Bonchev–Trinajstić information content (AvgIpc) is 3.03. The Morgan fingerprint density at radius 1 is 1.32 bits per heavy atom. The molecule has 1 N–H and O–H groups in total. The number of nitrogens with zero attached hydrogens (tertiary/aromatic N) is 1. The Hall–Kier alpha value is -2.03. The number of amides is 1. The van der Waals surface area contributed by atoms with Crippen molar-refractivity contribution in [3.05, 3.63) is 51.2 Å². The smallest absolute Gasteiger partial charge is 0.289 e. The fourth-order valence-electron chi connectivity index (χ4n) is 2.51. The fraction of sp³-hybridized carbons (Fsp3) is 0.143. The van der Waals surface area contributed by atoms with Gasteiger partial charge in [0.05, 0.1) is 12.1 Å². The molecule has 0 bridgehead atoms. The highest BCUT2D eigenvalue weighted by Crippen LogP contribution is 2.35. The molecule has 1 amide bonds. The van der Waals surface area contributed by atoms with Crippen LogP contribution in [0.25, 0.3) is 0 Å². The first-order valence-corrected chi connectivity index (χ1v) is 8.64. The van der Waals surface area contributed by atoms with Gasteiger partial charge in [-0.15, -0.1) is 0 Å². The quantitative estimate of drug-likeness (QED) is 0.683. The van der Waals surface area contributed by atoms with Gasteiger partial charge in [0.15, 0.2) is 5.78 Å². The Kier molecular flexibility index (Phi) is 3.39. The summed E-state index contributed by atoms with van der Waals surface area (Å²) in [5.41, 5.74) is 1.95. The highest BCUT2D eigenvalue weighted by atomic mass is 32.2. The van der Waals surface area contributed by atoms with Gasteiger partial charge in [-0.3, -0.25) is 14.1 Å². The molecule has 22 heavy (non-hydrogen) atoms. The molecule has 0 saturated carbocycles. The summed E-state index contributed by atoms with van der Waals surface area (Å²) >= 11 is 1.38. The molecule has 8 heteroatoms. The van der Waals surface area contributed by atoms with Gasteiger partial charge < -0.3 is 0 Å². The van der Waals surface area contributed by atoms with E-state index in [9.17, 15) is 22.6 Å². The normalized spacial score (nSPS) is 14.3. The molecule has 0 atom stereocenters. The minimum Gasteiger partial charge on any atom is -0.289 e. The molecule has 2 aromatic rings. The van der Waals surface area contributed by atoms with Crippen LogP contribution < -0.4 is 4.31 Å². The average molecular weight is 337 g/mol. The van der Waals surface area contributed by atoms with Crippen LogP contribution in [0.2, 0.25) is 0 Å². The zero-order valence-corrected chi connectivity index (χ0v) is 13.1. The topological polar surface area (TPSA) is 91.8 Å². The van der Waals surface area contributed by atoms with Gasteiger partial charge in [0.1, 0.15) is 0 Å². The van der Waals surface area contributed by atoms with E-state index in [1.165, 1.54) is 17.4 Å². The number of rotatable bonds is 3. The summed E-state index contributed by atoms with van der Waals surface area (Å²) in [6.07, 6.45) is -0.117. The second-order valence-electron chi connectivity index (χ2n) is 4.94. The van der Waals surface area contributed by atoms with Crippen molar-refractivity contribution in [1.29, 1.82) is 0 Å². The van der Waals surface area contributed by atoms with Gasteiger partial charge in [-0.1, -0.05) is 0 Å². The number of hydrogen-bond donors (Lipinski definition) is 1. The van der Waals surface area contributed by atoms with Crippen molar-refractivity contribution in [3.8, 4) is 0 Å². The number of benzene rings is 1. The predicted molar refractivity (Wildman–Crippen MR) is 81.7 cm³/mol. The van der Waals surface area contributed by atoms with E-state index >= 15 is 0 Å². The van der Waals surface area contributed by atoms with Crippen LogP contribution >= 0.6 is 11.3 Å².